The second-order valence-corrected chi connectivity index (χ2v) is 13.1. The number of halogens is 2. The molecule has 3 rings (SSSR count). The van der Waals surface area contributed by atoms with Gasteiger partial charge in [0.1, 0.15) is 24.4 Å². The van der Waals surface area contributed by atoms with Crippen molar-refractivity contribution in [1.82, 2.24) is 0 Å². The van der Waals surface area contributed by atoms with Crippen molar-refractivity contribution >= 4 is 18.7 Å². The van der Waals surface area contributed by atoms with E-state index in [0.29, 0.717) is 0 Å². The Balaban J connectivity index is 1.99. The van der Waals surface area contributed by atoms with Gasteiger partial charge in [-0.1, -0.05) is 86.5 Å². The number of rotatable bonds is 8. The van der Waals surface area contributed by atoms with E-state index in [1.807, 2.05) is 60.7 Å². The average Bonchev–Trinajstić information content (AvgIpc) is 3.10. The largest absolute Gasteiger partial charge is 0.405 e. The highest BCUT2D eigenvalue weighted by Gasteiger charge is 2.53. The maximum absolute atomic E-state index is 15.2. The Morgan fingerprint density at radius 1 is 1.09 bits per heavy atom. The van der Waals surface area contributed by atoms with Gasteiger partial charge >= 0.3 is 0 Å². The Morgan fingerprint density at radius 3 is 2.06 bits per heavy atom. The van der Waals surface area contributed by atoms with E-state index in [0.717, 1.165) is 17.5 Å². The molecule has 1 aliphatic heterocycles. The molecule has 6 nitrogen and oxygen atoms in total. The quantitative estimate of drug-likeness (QED) is 0.255. The maximum atomic E-state index is 15.2. The SMILES string of the molecule is COC(F)[C@H]1O[C@H](CO[Si](c2ccccc2)(c2ccccc2)C(C)(C)C)[C@H](F)[C@@H]1N=[N+]=[N-]. The zero-order valence-corrected chi connectivity index (χ0v) is 19.7. The molecule has 0 N–H and O–H groups in total. The van der Waals surface area contributed by atoms with Crippen LogP contribution in [0.4, 0.5) is 8.78 Å². The van der Waals surface area contributed by atoms with Crippen LogP contribution < -0.4 is 10.4 Å². The third kappa shape index (κ3) is 4.58. The van der Waals surface area contributed by atoms with Crippen LogP contribution >= 0.6 is 0 Å². The minimum absolute atomic E-state index is 0.112. The highest BCUT2D eigenvalue weighted by Crippen LogP contribution is 2.38. The van der Waals surface area contributed by atoms with E-state index in [4.69, 9.17) is 14.7 Å². The van der Waals surface area contributed by atoms with E-state index in [1.165, 1.54) is 0 Å². The first-order chi connectivity index (χ1) is 15.3. The minimum atomic E-state index is -2.92. The van der Waals surface area contributed by atoms with Crippen LogP contribution in [-0.2, 0) is 13.9 Å². The predicted octanol–water partition coefficient (Wildman–Crippen LogP) is 4.29. The summed E-state index contributed by atoms with van der Waals surface area (Å²) in [7, 11) is -1.77. The fourth-order valence-corrected chi connectivity index (χ4v) is 8.97. The van der Waals surface area contributed by atoms with Crippen molar-refractivity contribution in [3.05, 3.63) is 71.1 Å². The molecule has 172 valence electrons. The van der Waals surface area contributed by atoms with E-state index in [-0.39, 0.29) is 11.6 Å². The number of hydrogen-bond acceptors (Lipinski definition) is 4. The third-order valence-electron chi connectivity index (χ3n) is 5.90. The van der Waals surface area contributed by atoms with Crippen molar-refractivity contribution in [2.45, 2.75) is 56.6 Å². The molecule has 2 aromatic rings. The maximum Gasteiger partial charge on any atom is 0.261 e. The minimum Gasteiger partial charge on any atom is -0.405 e. The number of alkyl halides is 2. The molecular formula is C23H29F2N3O3Si. The molecule has 0 saturated carbocycles. The summed E-state index contributed by atoms with van der Waals surface area (Å²) in [4.78, 5) is 2.66. The summed E-state index contributed by atoms with van der Waals surface area (Å²) >= 11 is 0. The second kappa shape index (κ2) is 10.1. The van der Waals surface area contributed by atoms with Gasteiger partial charge in [-0.15, -0.1) is 0 Å². The first kappa shape index (κ1) is 24.4. The molecule has 0 bridgehead atoms. The lowest BCUT2D eigenvalue weighted by Crippen LogP contribution is -2.67. The molecule has 0 radical (unpaired) electrons. The van der Waals surface area contributed by atoms with Crippen molar-refractivity contribution in [2.75, 3.05) is 13.7 Å². The lowest BCUT2D eigenvalue weighted by atomic mass is 10.1. The van der Waals surface area contributed by atoms with Gasteiger partial charge in [0.15, 0.2) is 0 Å². The number of azide groups is 1. The number of nitrogens with zero attached hydrogens (tertiary/aromatic N) is 3. The number of ether oxygens (including phenoxy) is 2. The van der Waals surface area contributed by atoms with Crippen LogP contribution in [0, 0.1) is 0 Å². The molecule has 0 aliphatic carbocycles. The number of hydrogen-bond donors (Lipinski definition) is 0. The first-order valence-corrected chi connectivity index (χ1v) is 12.4. The molecule has 9 heteroatoms. The Hall–Kier alpha value is -2.29. The van der Waals surface area contributed by atoms with Crippen LogP contribution in [0.1, 0.15) is 20.8 Å². The van der Waals surface area contributed by atoms with Gasteiger partial charge in [-0.25, -0.2) is 8.78 Å². The van der Waals surface area contributed by atoms with Gasteiger partial charge in [0.2, 0.25) is 6.36 Å². The summed E-state index contributed by atoms with van der Waals surface area (Å²) in [5, 5.41) is 5.20. The van der Waals surface area contributed by atoms with Crippen LogP contribution in [0.2, 0.25) is 5.04 Å². The zero-order chi connectivity index (χ0) is 23.4. The highest BCUT2D eigenvalue weighted by molar-refractivity contribution is 6.99. The fourth-order valence-electron chi connectivity index (χ4n) is 4.40. The van der Waals surface area contributed by atoms with Gasteiger partial charge in [-0.3, -0.25) is 0 Å². The molecule has 1 heterocycles. The Morgan fingerprint density at radius 2 is 1.62 bits per heavy atom. The molecular weight excluding hydrogens is 432 g/mol. The first-order valence-electron chi connectivity index (χ1n) is 10.5. The molecule has 5 atom stereocenters. The number of benzene rings is 2. The normalized spacial score (nSPS) is 24.7. The Bertz CT molecular complexity index is 884. The summed E-state index contributed by atoms with van der Waals surface area (Å²) < 4.78 is 46.4. The molecule has 0 spiro atoms. The summed E-state index contributed by atoms with van der Waals surface area (Å²) in [5.74, 6) is 0. The van der Waals surface area contributed by atoms with Gasteiger partial charge in [0.25, 0.3) is 8.32 Å². The molecule has 0 aromatic heterocycles. The van der Waals surface area contributed by atoms with E-state index < -0.39 is 39.1 Å². The van der Waals surface area contributed by atoms with Crippen LogP contribution in [0.5, 0.6) is 0 Å². The van der Waals surface area contributed by atoms with Crippen LogP contribution in [0.25, 0.3) is 10.4 Å². The van der Waals surface area contributed by atoms with Crippen molar-refractivity contribution < 1.29 is 22.7 Å². The van der Waals surface area contributed by atoms with E-state index in [2.05, 4.69) is 35.5 Å². The summed E-state index contributed by atoms with van der Waals surface area (Å²) in [6.45, 7) is 6.21. The lowest BCUT2D eigenvalue weighted by molar-refractivity contribution is -0.122. The molecule has 1 fully saturated rings. The van der Waals surface area contributed by atoms with Gasteiger partial charge in [0.05, 0.1) is 6.61 Å². The summed E-state index contributed by atoms with van der Waals surface area (Å²) in [5.41, 5.74) is 8.81. The topological polar surface area (TPSA) is 76.5 Å². The second-order valence-electron chi connectivity index (χ2n) is 8.84. The zero-order valence-electron chi connectivity index (χ0n) is 18.7. The van der Waals surface area contributed by atoms with E-state index in [9.17, 15) is 4.39 Å². The Labute approximate surface area is 188 Å². The molecule has 1 aliphatic rings. The van der Waals surface area contributed by atoms with Gasteiger partial charge in [-0.05, 0) is 20.9 Å². The standard InChI is InChI=1S/C23H29F2N3O3Si/c1-23(2,3)32(16-11-7-5-8-12-16,17-13-9-6-10-14-17)30-15-18-19(24)20(27-28-26)21(31-18)22(25)29-4/h5-14,18-22H,15H2,1-4H3/t18-,19+,20+,21+,22?/m1/s1. The van der Waals surface area contributed by atoms with Crippen LogP contribution in [0.3, 0.4) is 0 Å². The van der Waals surface area contributed by atoms with Gasteiger partial charge in [-0.2, -0.15) is 0 Å². The van der Waals surface area contributed by atoms with E-state index >= 15 is 4.39 Å². The number of methoxy groups -OCH3 is 1. The molecule has 0 amide bonds. The lowest BCUT2D eigenvalue weighted by Gasteiger charge is -2.43. The fraction of sp³-hybridized carbons (Fsp3) is 0.478. The smallest absolute Gasteiger partial charge is 0.261 e. The van der Waals surface area contributed by atoms with Gasteiger partial charge < -0.3 is 13.9 Å². The van der Waals surface area contributed by atoms with Crippen molar-refractivity contribution in [2.24, 2.45) is 5.11 Å². The highest BCUT2D eigenvalue weighted by atomic mass is 28.4. The van der Waals surface area contributed by atoms with E-state index in [1.54, 1.807) is 0 Å². The molecule has 32 heavy (non-hydrogen) atoms. The molecule has 1 saturated heterocycles. The van der Waals surface area contributed by atoms with Crippen LogP contribution in [0.15, 0.2) is 65.8 Å². The molecule has 1 unspecified atom stereocenters. The summed E-state index contributed by atoms with van der Waals surface area (Å²) in [6, 6.07) is 18.5. The monoisotopic (exact) mass is 461 g/mol. The van der Waals surface area contributed by atoms with Crippen molar-refractivity contribution in [3.63, 3.8) is 0 Å². The third-order valence-corrected chi connectivity index (χ3v) is 10.9. The van der Waals surface area contributed by atoms with Crippen molar-refractivity contribution in [1.29, 1.82) is 0 Å². The average molecular weight is 462 g/mol. The van der Waals surface area contributed by atoms with Crippen molar-refractivity contribution in [3.8, 4) is 0 Å². The van der Waals surface area contributed by atoms with Gasteiger partial charge in [0, 0.05) is 12.0 Å². The summed E-state index contributed by atoms with van der Waals surface area (Å²) in [6.07, 6.45) is -6.06. The van der Waals surface area contributed by atoms with Crippen LogP contribution in [-0.4, -0.2) is 52.8 Å². The molecule has 2 aromatic carbocycles. The Kier molecular flexibility index (Phi) is 7.69. The predicted molar refractivity (Wildman–Crippen MR) is 122 cm³/mol.